The zero-order chi connectivity index (χ0) is 33.5. The van der Waals surface area contributed by atoms with E-state index in [4.69, 9.17) is 4.42 Å². The Hall–Kier alpha value is -6.84. The molecule has 0 atom stereocenters. The highest BCUT2D eigenvalue weighted by atomic mass is 16.3. The van der Waals surface area contributed by atoms with Gasteiger partial charge in [-0.05, 0) is 65.2 Å². The highest BCUT2D eigenvalue weighted by molar-refractivity contribution is 6.26. The molecule has 0 fully saturated rings. The van der Waals surface area contributed by atoms with Gasteiger partial charge in [0.2, 0.25) is 0 Å². The number of benzene rings is 8. The molecule has 3 nitrogen and oxygen atoms in total. The van der Waals surface area contributed by atoms with Crippen molar-refractivity contribution < 1.29 is 4.42 Å². The fraction of sp³-hybridized carbons (Fsp3) is 0. The van der Waals surface area contributed by atoms with Crippen LogP contribution < -0.4 is 0 Å². The fourth-order valence-electron chi connectivity index (χ4n) is 8.25. The standard InChI is InChI=1S/C48H30N2O/c1-2-11-34(12-3-1)50-42-18-7-4-13-37(42)39-29-30-44-46(47(39)50)41-15-5-8-19-43(41)49(44)35-27-25-32(26-28-35)31-21-23-33(24-22-31)36-16-10-17-40-38-14-6-9-20-45(38)51-48(36)40/h1-30H. The molecule has 51 heavy (non-hydrogen) atoms. The molecule has 0 aliphatic rings. The Morgan fingerprint density at radius 2 is 0.922 bits per heavy atom. The first kappa shape index (κ1) is 28.0. The number of nitrogens with zero attached hydrogens (tertiary/aromatic N) is 2. The van der Waals surface area contributed by atoms with Crippen molar-refractivity contribution in [2.75, 3.05) is 0 Å². The summed E-state index contributed by atoms with van der Waals surface area (Å²) in [5.74, 6) is 0. The summed E-state index contributed by atoms with van der Waals surface area (Å²) >= 11 is 0. The molecule has 0 spiro atoms. The molecule has 11 aromatic rings. The number of hydrogen-bond acceptors (Lipinski definition) is 1. The van der Waals surface area contributed by atoms with Gasteiger partial charge in [-0.2, -0.15) is 0 Å². The summed E-state index contributed by atoms with van der Waals surface area (Å²) in [6.45, 7) is 0. The van der Waals surface area contributed by atoms with E-state index in [0.29, 0.717) is 0 Å². The normalized spacial score (nSPS) is 11.9. The molecule has 0 bridgehead atoms. The van der Waals surface area contributed by atoms with Gasteiger partial charge in [0.25, 0.3) is 0 Å². The predicted molar refractivity (Wildman–Crippen MR) is 213 cm³/mol. The van der Waals surface area contributed by atoms with E-state index in [1.807, 2.05) is 12.1 Å². The molecule has 0 aliphatic heterocycles. The van der Waals surface area contributed by atoms with Crippen LogP contribution in [-0.2, 0) is 0 Å². The minimum atomic E-state index is 0.919. The third kappa shape index (κ3) is 4.12. The Morgan fingerprint density at radius 3 is 1.71 bits per heavy atom. The average Bonchev–Trinajstić information content (AvgIpc) is 3.86. The van der Waals surface area contributed by atoms with Crippen molar-refractivity contribution in [1.82, 2.24) is 9.13 Å². The van der Waals surface area contributed by atoms with Gasteiger partial charge >= 0.3 is 0 Å². The summed E-state index contributed by atoms with van der Waals surface area (Å²) in [5, 5.41) is 7.34. The number of para-hydroxylation sites is 5. The van der Waals surface area contributed by atoms with E-state index in [-0.39, 0.29) is 0 Å². The van der Waals surface area contributed by atoms with Crippen LogP contribution in [0.4, 0.5) is 0 Å². The van der Waals surface area contributed by atoms with Crippen LogP contribution in [0.5, 0.6) is 0 Å². The van der Waals surface area contributed by atoms with E-state index in [1.54, 1.807) is 0 Å². The number of hydrogen-bond donors (Lipinski definition) is 0. The zero-order valence-corrected chi connectivity index (χ0v) is 27.6. The third-order valence-electron chi connectivity index (χ3n) is 10.5. The van der Waals surface area contributed by atoms with Crippen molar-refractivity contribution in [1.29, 1.82) is 0 Å². The number of furan rings is 1. The lowest BCUT2D eigenvalue weighted by molar-refractivity contribution is 0.670. The number of rotatable bonds is 4. The second-order valence-corrected chi connectivity index (χ2v) is 13.3. The van der Waals surface area contributed by atoms with Gasteiger partial charge in [-0.1, -0.05) is 133 Å². The largest absolute Gasteiger partial charge is 0.455 e. The molecule has 0 saturated carbocycles. The van der Waals surface area contributed by atoms with Crippen molar-refractivity contribution in [3.63, 3.8) is 0 Å². The topological polar surface area (TPSA) is 23.0 Å². The summed E-state index contributed by atoms with van der Waals surface area (Å²) in [6, 6.07) is 65.4. The maximum absolute atomic E-state index is 6.33. The van der Waals surface area contributed by atoms with Crippen LogP contribution in [0.15, 0.2) is 186 Å². The second-order valence-electron chi connectivity index (χ2n) is 13.3. The fourth-order valence-corrected chi connectivity index (χ4v) is 8.25. The molecular formula is C48H30N2O. The van der Waals surface area contributed by atoms with Gasteiger partial charge < -0.3 is 13.6 Å². The van der Waals surface area contributed by atoms with Crippen LogP contribution in [0.25, 0.3) is 99.2 Å². The van der Waals surface area contributed by atoms with Gasteiger partial charge in [0.1, 0.15) is 11.2 Å². The molecule has 11 rings (SSSR count). The van der Waals surface area contributed by atoms with Crippen LogP contribution in [0.1, 0.15) is 0 Å². The van der Waals surface area contributed by atoms with Crippen LogP contribution in [0.2, 0.25) is 0 Å². The van der Waals surface area contributed by atoms with Crippen LogP contribution in [0, 0.1) is 0 Å². The Balaban J connectivity index is 1.04. The first-order chi connectivity index (χ1) is 25.3. The average molecular weight is 651 g/mol. The zero-order valence-electron chi connectivity index (χ0n) is 27.6. The molecule has 3 heteroatoms. The monoisotopic (exact) mass is 650 g/mol. The van der Waals surface area contributed by atoms with Crippen LogP contribution in [-0.4, -0.2) is 9.13 Å². The third-order valence-corrected chi connectivity index (χ3v) is 10.5. The van der Waals surface area contributed by atoms with Crippen molar-refractivity contribution >= 4 is 65.6 Å². The van der Waals surface area contributed by atoms with Gasteiger partial charge in [0.15, 0.2) is 0 Å². The highest BCUT2D eigenvalue weighted by Crippen LogP contribution is 2.42. The molecule has 0 radical (unpaired) electrons. The first-order valence-electron chi connectivity index (χ1n) is 17.4. The molecule has 0 unspecified atom stereocenters. The van der Waals surface area contributed by atoms with Gasteiger partial charge in [-0.3, -0.25) is 0 Å². The van der Waals surface area contributed by atoms with E-state index < -0.39 is 0 Å². The minimum absolute atomic E-state index is 0.919. The molecule has 3 heterocycles. The van der Waals surface area contributed by atoms with E-state index in [1.165, 1.54) is 54.7 Å². The second kappa shape index (κ2) is 10.8. The minimum Gasteiger partial charge on any atom is -0.455 e. The Kier molecular flexibility index (Phi) is 5.96. The van der Waals surface area contributed by atoms with Crippen molar-refractivity contribution in [3.8, 4) is 33.6 Å². The van der Waals surface area contributed by atoms with Crippen LogP contribution >= 0.6 is 0 Å². The summed E-state index contributed by atoms with van der Waals surface area (Å²) in [5.41, 5.74) is 13.6. The molecule has 0 amide bonds. The number of aromatic nitrogens is 2. The van der Waals surface area contributed by atoms with Crippen molar-refractivity contribution in [2.45, 2.75) is 0 Å². The smallest absolute Gasteiger partial charge is 0.143 e. The maximum atomic E-state index is 6.33. The molecule has 238 valence electrons. The summed E-state index contributed by atoms with van der Waals surface area (Å²) in [6.07, 6.45) is 0. The van der Waals surface area contributed by atoms with E-state index in [9.17, 15) is 0 Å². The highest BCUT2D eigenvalue weighted by Gasteiger charge is 2.20. The molecule has 3 aromatic heterocycles. The van der Waals surface area contributed by atoms with Gasteiger partial charge in [-0.15, -0.1) is 0 Å². The predicted octanol–water partition coefficient (Wildman–Crippen LogP) is 13.1. The van der Waals surface area contributed by atoms with Crippen molar-refractivity contribution in [3.05, 3.63) is 182 Å². The summed E-state index contributed by atoms with van der Waals surface area (Å²) in [4.78, 5) is 0. The Morgan fingerprint density at radius 1 is 0.333 bits per heavy atom. The number of fused-ring (bicyclic) bond motifs is 10. The maximum Gasteiger partial charge on any atom is 0.143 e. The van der Waals surface area contributed by atoms with Crippen molar-refractivity contribution in [2.24, 2.45) is 0 Å². The lowest BCUT2D eigenvalue weighted by Gasteiger charge is -2.11. The van der Waals surface area contributed by atoms with E-state index in [2.05, 4.69) is 179 Å². The molecule has 0 saturated heterocycles. The van der Waals surface area contributed by atoms with Crippen LogP contribution in [0.3, 0.4) is 0 Å². The summed E-state index contributed by atoms with van der Waals surface area (Å²) < 4.78 is 11.2. The van der Waals surface area contributed by atoms with Gasteiger partial charge in [0, 0.05) is 49.3 Å². The first-order valence-corrected chi connectivity index (χ1v) is 17.4. The summed E-state index contributed by atoms with van der Waals surface area (Å²) in [7, 11) is 0. The van der Waals surface area contributed by atoms with E-state index >= 15 is 0 Å². The SMILES string of the molecule is c1ccc(-n2c3ccccc3c3ccc4c(c5ccccc5n4-c4ccc(-c5ccc(-c6cccc7c6oc6ccccc67)cc5)cc4)c32)cc1. The molecular weight excluding hydrogens is 621 g/mol. The Bertz CT molecular complexity index is 3100. The van der Waals surface area contributed by atoms with Gasteiger partial charge in [-0.25, -0.2) is 0 Å². The lowest BCUT2D eigenvalue weighted by Crippen LogP contribution is -1.95. The van der Waals surface area contributed by atoms with E-state index in [0.717, 1.165) is 44.4 Å². The quantitative estimate of drug-likeness (QED) is 0.186. The lowest BCUT2D eigenvalue weighted by atomic mass is 9.98. The Labute approximate surface area is 293 Å². The van der Waals surface area contributed by atoms with Gasteiger partial charge in [0.05, 0.1) is 22.1 Å². The molecule has 0 aliphatic carbocycles. The molecule has 0 N–H and O–H groups in total. The molecule has 8 aromatic carbocycles.